The first-order valence-corrected chi connectivity index (χ1v) is 8.26. The van der Waals surface area contributed by atoms with E-state index in [0.29, 0.717) is 6.54 Å². The third-order valence-electron chi connectivity index (χ3n) is 4.43. The van der Waals surface area contributed by atoms with Gasteiger partial charge in [-0.3, -0.25) is 4.79 Å². The number of rotatable bonds is 5. The summed E-state index contributed by atoms with van der Waals surface area (Å²) in [5.74, 6) is -1.98. The number of hydrogen-bond donors (Lipinski definition) is 2. The predicted molar refractivity (Wildman–Crippen MR) is 87.6 cm³/mol. The van der Waals surface area contributed by atoms with Crippen LogP contribution in [0.2, 0.25) is 0 Å². The maximum absolute atomic E-state index is 13.2. The number of carbonyl (C=O) groups is 1. The molecule has 1 aliphatic heterocycles. The lowest BCUT2D eigenvalue weighted by molar-refractivity contribution is -0.901. The van der Waals surface area contributed by atoms with E-state index in [2.05, 4.69) is 11.4 Å². The fourth-order valence-electron chi connectivity index (χ4n) is 3.19. The van der Waals surface area contributed by atoms with Crippen molar-refractivity contribution in [2.45, 2.75) is 25.9 Å². The van der Waals surface area contributed by atoms with Gasteiger partial charge < -0.3 is 10.2 Å². The quantitative estimate of drug-likeness (QED) is 0.864. The van der Waals surface area contributed by atoms with E-state index in [4.69, 9.17) is 0 Å². The average Bonchev–Trinajstić information content (AvgIpc) is 3.06. The summed E-state index contributed by atoms with van der Waals surface area (Å²) in [5.41, 5.74) is 2.25. The van der Waals surface area contributed by atoms with Crippen LogP contribution in [-0.4, -0.2) is 19.0 Å². The van der Waals surface area contributed by atoms with E-state index in [1.54, 1.807) is 4.90 Å². The van der Waals surface area contributed by atoms with E-state index >= 15 is 0 Å². The molecule has 0 unspecified atom stereocenters. The topological polar surface area (TPSA) is 33.5 Å². The van der Waals surface area contributed by atoms with Crippen molar-refractivity contribution in [2.75, 3.05) is 13.1 Å². The number of likely N-dealkylation sites (tertiary alicyclic amines) is 1. The van der Waals surface area contributed by atoms with Gasteiger partial charge in [-0.1, -0.05) is 24.3 Å². The van der Waals surface area contributed by atoms with E-state index in [9.17, 15) is 13.6 Å². The van der Waals surface area contributed by atoms with E-state index in [1.165, 1.54) is 31.5 Å². The summed E-state index contributed by atoms with van der Waals surface area (Å²) >= 11 is 0. The minimum atomic E-state index is -0.752. The third-order valence-corrected chi connectivity index (χ3v) is 4.43. The second-order valence-corrected chi connectivity index (χ2v) is 6.24. The molecular formula is C19H21F2N2O+. The monoisotopic (exact) mass is 331 g/mol. The summed E-state index contributed by atoms with van der Waals surface area (Å²) < 4.78 is 26.4. The van der Waals surface area contributed by atoms with Gasteiger partial charge in [0.15, 0.2) is 0 Å². The molecule has 1 heterocycles. The Balaban J connectivity index is 1.66. The normalized spacial score (nSPS) is 14.8. The van der Waals surface area contributed by atoms with Gasteiger partial charge in [-0.05, 0) is 17.7 Å². The van der Waals surface area contributed by atoms with Gasteiger partial charge >= 0.3 is 0 Å². The van der Waals surface area contributed by atoms with Gasteiger partial charge in [0.2, 0.25) is 0 Å². The largest absolute Gasteiger partial charge is 0.348 e. The van der Waals surface area contributed by atoms with Gasteiger partial charge in [0.25, 0.3) is 5.91 Å². The summed E-state index contributed by atoms with van der Waals surface area (Å²) in [7, 11) is 0. The molecule has 2 N–H and O–H groups in total. The number of hydrogen-bond acceptors (Lipinski definition) is 1. The smallest absolute Gasteiger partial charge is 0.251 e. The molecule has 0 saturated carbocycles. The molecular weight excluding hydrogens is 310 g/mol. The van der Waals surface area contributed by atoms with Gasteiger partial charge in [0.05, 0.1) is 13.1 Å². The number of halogens is 2. The molecule has 3 nitrogen and oxygen atoms in total. The van der Waals surface area contributed by atoms with Crippen LogP contribution >= 0.6 is 0 Å². The minimum Gasteiger partial charge on any atom is -0.348 e. The van der Waals surface area contributed by atoms with E-state index < -0.39 is 17.5 Å². The fourth-order valence-corrected chi connectivity index (χ4v) is 3.19. The number of carbonyl (C=O) groups excluding carboxylic acids is 1. The first-order valence-electron chi connectivity index (χ1n) is 8.26. The first-order chi connectivity index (χ1) is 11.6. The molecule has 2 aromatic carbocycles. The summed E-state index contributed by atoms with van der Waals surface area (Å²) in [6.45, 7) is 3.66. The Morgan fingerprint density at radius 1 is 1.00 bits per heavy atom. The van der Waals surface area contributed by atoms with Crippen LogP contribution in [0.4, 0.5) is 8.78 Å². The van der Waals surface area contributed by atoms with Gasteiger partial charge in [-0.2, -0.15) is 0 Å². The second-order valence-electron chi connectivity index (χ2n) is 6.24. The minimum absolute atomic E-state index is 0.00449. The van der Waals surface area contributed by atoms with Crippen molar-refractivity contribution in [1.29, 1.82) is 0 Å². The summed E-state index contributed by atoms with van der Waals surface area (Å²) in [6.07, 6.45) is 2.53. The highest BCUT2D eigenvalue weighted by molar-refractivity contribution is 5.94. The summed E-state index contributed by atoms with van der Waals surface area (Å²) in [5, 5.41) is 2.75. The Morgan fingerprint density at radius 2 is 1.62 bits per heavy atom. The molecule has 24 heavy (non-hydrogen) atoms. The summed E-state index contributed by atoms with van der Waals surface area (Å²) in [6, 6.07) is 10.8. The molecule has 3 rings (SSSR count). The highest BCUT2D eigenvalue weighted by Crippen LogP contribution is 2.10. The highest BCUT2D eigenvalue weighted by Gasteiger charge is 2.17. The van der Waals surface area contributed by atoms with Crippen molar-refractivity contribution >= 4 is 5.91 Å². The van der Waals surface area contributed by atoms with Crippen molar-refractivity contribution in [3.05, 3.63) is 70.8 Å². The molecule has 1 aliphatic rings. The van der Waals surface area contributed by atoms with Gasteiger partial charge in [-0.25, -0.2) is 8.78 Å². The predicted octanol–water partition coefficient (Wildman–Crippen LogP) is 2.07. The average molecular weight is 331 g/mol. The van der Waals surface area contributed by atoms with Crippen molar-refractivity contribution in [1.82, 2.24) is 5.32 Å². The SMILES string of the molecule is O=C(NCc1ccccc1C[NH+]1CCCC1)c1cc(F)cc(F)c1. The Kier molecular flexibility index (Phi) is 5.20. The molecule has 0 atom stereocenters. The van der Waals surface area contributed by atoms with E-state index in [0.717, 1.165) is 30.3 Å². The molecule has 1 amide bonds. The van der Waals surface area contributed by atoms with Crippen molar-refractivity contribution < 1.29 is 18.5 Å². The molecule has 0 bridgehead atoms. The van der Waals surface area contributed by atoms with Crippen molar-refractivity contribution in [2.24, 2.45) is 0 Å². The Bertz CT molecular complexity index is 707. The number of amides is 1. The van der Waals surface area contributed by atoms with Crippen molar-refractivity contribution in [3.8, 4) is 0 Å². The lowest BCUT2D eigenvalue weighted by Gasteiger charge is -2.15. The van der Waals surface area contributed by atoms with Crippen LogP contribution < -0.4 is 10.2 Å². The molecule has 0 spiro atoms. The Labute approximate surface area is 140 Å². The lowest BCUT2D eigenvalue weighted by atomic mass is 10.1. The van der Waals surface area contributed by atoms with Gasteiger partial charge in [0.1, 0.15) is 18.2 Å². The molecule has 0 radical (unpaired) electrons. The van der Waals surface area contributed by atoms with Gasteiger partial charge in [0, 0.05) is 36.6 Å². The molecule has 0 aromatic heterocycles. The van der Waals surface area contributed by atoms with E-state index in [-0.39, 0.29) is 5.56 Å². The second kappa shape index (κ2) is 7.53. The molecule has 1 fully saturated rings. The van der Waals surface area contributed by atoms with Crippen LogP contribution in [0.5, 0.6) is 0 Å². The third kappa shape index (κ3) is 4.17. The zero-order chi connectivity index (χ0) is 16.9. The molecule has 0 aliphatic carbocycles. The number of benzene rings is 2. The standard InChI is InChI=1S/C19H20F2N2O/c20-17-9-16(10-18(21)11-17)19(24)22-12-14-5-1-2-6-15(14)13-23-7-3-4-8-23/h1-2,5-6,9-11H,3-4,7-8,12-13H2,(H,22,24)/p+1. The summed E-state index contributed by atoms with van der Waals surface area (Å²) in [4.78, 5) is 13.7. The zero-order valence-electron chi connectivity index (χ0n) is 13.4. The maximum Gasteiger partial charge on any atom is 0.251 e. The zero-order valence-corrected chi connectivity index (χ0v) is 13.4. The highest BCUT2D eigenvalue weighted by atomic mass is 19.1. The molecule has 1 saturated heterocycles. The van der Waals surface area contributed by atoms with Crippen molar-refractivity contribution in [3.63, 3.8) is 0 Å². The first kappa shape index (κ1) is 16.6. The van der Waals surface area contributed by atoms with Crippen LogP contribution in [0, 0.1) is 11.6 Å². The molecule has 2 aromatic rings. The number of nitrogens with one attached hydrogen (secondary N) is 2. The van der Waals surface area contributed by atoms with Crippen LogP contribution in [0.15, 0.2) is 42.5 Å². The Hall–Kier alpha value is -2.27. The number of quaternary nitrogens is 1. The van der Waals surface area contributed by atoms with E-state index in [1.807, 2.05) is 18.2 Å². The van der Waals surface area contributed by atoms with Crippen LogP contribution in [0.3, 0.4) is 0 Å². The van der Waals surface area contributed by atoms with Crippen LogP contribution in [-0.2, 0) is 13.1 Å². The van der Waals surface area contributed by atoms with Gasteiger partial charge in [-0.15, -0.1) is 0 Å². The maximum atomic E-state index is 13.2. The van der Waals surface area contributed by atoms with Crippen LogP contribution in [0.1, 0.15) is 34.3 Å². The van der Waals surface area contributed by atoms with Crippen LogP contribution in [0.25, 0.3) is 0 Å². The molecule has 5 heteroatoms. The fraction of sp³-hybridized carbons (Fsp3) is 0.316. The Morgan fingerprint density at radius 3 is 2.29 bits per heavy atom. The molecule has 126 valence electrons. The lowest BCUT2D eigenvalue weighted by Crippen LogP contribution is -3.08.